The van der Waals surface area contributed by atoms with E-state index < -0.39 is 0 Å². The Balaban J connectivity index is 2.49. The van der Waals surface area contributed by atoms with Crippen LogP contribution in [0, 0.1) is 0 Å². The Bertz CT molecular complexity index is 90.7. The first-order valence-corrected chi connectivity index (χ1v) is 2.58. The van der Waals surface area contributed by atoms with Gasteiger partial charge < -0.3 is 0 Å². The van der Waals surface area contributed by atoms with Crippen LogP contribution in [0.5, 0.6) is 0 Å². The van der Waals surface area contributed by atoms with E-state index >= 15 is 0 Å². The van der Waals surface area contributed by atoms with Gasteiger partial charge in [0.05, 0.1) is 6.04 Å². The third-order valence-electron chi connectivity index (χ3n) is 0.997. The van der Waals surface area contributed by atoms with Crippen LogP contribution in [0.3, 0.4) is 0 Å². The molecule has 1 nitrogen and oxygen atoms in total. The maximum Gasteiger partial charge on any atom is 0.0648 e. The molecule has 1 heterocycles. The number of allylic oxidation sites excluding steroid dienone is 1. The van der Waals surface area contributed by atoms with Gasteiger partial charge in [-0.2, -0.15) is 0 Å². The van der Waals surface area contributed by atoms with Crippen LogP contribution < -0.4 is 0 Å². The number of aliphatic imine (C=N–C) groups is 1. The van der Waals surface area contributed by atoms with Crippen molar-refractivity contribution in [2.24, 2.45) is 4.99 Å². The molecule has 0 radical (unpaired) electrons. The summed E-state index contributed by atoms with van der Waals surface area (Å²) in [7, 11) is 0. The van der Waals surface area contributed by atoms with Gasteiger partial charge in [0.25, 0.3) is 0 Å². The molecule has 0 bridgehead atoms. The standard InChI is InChI=1S/C6H9N/c1-6-4-2-3-5-7-6/h2,4-6H,3H2,1H3. The molecule has 0 spiro atoms. The van der Waals surface area contributed by atoms with E-state index in [1.54, 1.807) is 0 Å². The minimum absolute atomic E-state index is 0.425. The Hall–Kier alpha value is -0.590. The number of hydrogen-bond acceptors (Lipinski definition) is 1. The zero-order valence-corrected chi connectivity index (χ0v) is 4.46. The third kappa shape index (κ3) is 1.15. The summed E-state index contributed by atoms with van der Waals surface area (Å²) < 4.78 is 0. The van der Waals surface area contributed by atoms with Crippen molar-refractivity contribution in [1.29, 1.82) is 0 Å². The predicted octanol–water partition coefficient (Wildman–Crippen LogP) is 1.41. The van der Waals surface area contributed by atoms with Gasteiger partial charge in [-0.3, -0.25) is 4.99 Å². The summed E-state index contributed by atoms with van der Waals surface area (Å²) >= 11 is 0. The fraction of sp³-hybridized carbons (Fsp3) is 0.500. The molecule has 1 aliphatic rings. The number of dihydropyridines is 1. The summed E-state index contributed by atoms with van der Waals surface area (Å²) in [5.74, 6) is 0. The Kier molecular flexibility index (Phi) is 1.25. The Labute approximate surface area is 43.8 Å². The highest BCUT2D eigenvalue weighted by molar-refractivity contribution is 5.61. The second kappa shape index (κ2) is 1.92. The molecule has 0 aliphatic carbocycles. The molecule has 0 aromatic heterocycles. The van der Waals surface area contributed by atoms with Crippen molar-refractivity contribution in [3.8, 4) is 0 Å². The molecule has 0 amide bonds. The van der Waals surface area contributed by atoms with Crippen LogP contribution in [-0.2, 0) is 0 Å². The van der Waals surface area contributed by atoms with Crippen LogP contribution in [0.25, 0.3) is 0 Å². The molecule has 1 atom stereocenters. The monoisotopic (exact) mass is 95.1 g/mol. The van der Waals surface area contributed by atoms with Gasteiger partial charge in [-0.25, -0.2) is 0 Å². The highest BCUT2D eigenvalue weighted by atomic mass is 14.7. The predicted molar refractivity (Wildman–Crippen MR) is 31.7 cm³/mol. The summed E-state index contributed by atoms with van der Waals surface area (Å²) in [5.41, 5.74) is 0. The molecule has 0 saturated heterocycles. The molecule has 1 aliphatic heterocycles. The summed E-state index contributed by atoms with van der Waals surface area (Å²) in [6.45, 7) is 2.08. The van der Waals surface area contributed by atoms with E-state index in [9.17, 15) is 0 Å². The minimum Gasteiger partial charge on any atom is -0.290 e. The molecular weight excluding hydrogens is 86.1 g/mol. The molecule has 0 fully saturated rings. The molecular formula is C6H9N. The lowest BCUT2D eigenvalue weighted by Crippen LogP contribution is -1.95. The van der Waals surface area contributed by atoms with Gasteiger partial charge in [0.15, 0.2) is 0 Å². The van der Waals surface area contributed by atoms with E-state index in [-0.39, 0.29) is 0 Å². The van der Waals surface area contributed by atoms with Crippen molar-refractivity contribution in [2.75, 3.05) is 0 Å². The van der Waals surface area contributed by atoms with Gasteiger partial charge >= 0.3 is 0 Å². The SMILES string of the molecule is CC1C=CCC=N1. The van der Waals surface area contributed by atoms with Gasteiger partial charge in [-0.05, 0) is 6.92 Å². The molecule has 38 valence electrons. The summed E-state index contributed by atoms with van der Waals surface area (Å²) in [6.07, 6.45) is 7.21. The normalized spacial score (nSPS) is 28.4. The zero-order valence-electron chi connectivity index (χ0n) is 4.46. The molecule has 7 heavy (non-hydrogen) atoms. The fourth-order valence-corrected chi connectivity index (χ4v) is 0.613. The molecule has 0 aromatic rings. The van der Waals surface area contributed by atoms with Crippen LogP contribution in [0.15, 0.2) is 17.1 Å². The summed E-state index contributed by atoms with van der Waals surface area (Å²) in [4.78, 5) is 4.12. The Morgan fingerprint density at radius 3 is 2.86 bits per heavy atom. The summed E-state index contributed by atoms with van der Waals surface area (Å²) in [5, 5.41) is 0. The van der Waals surface area contributed by atoms with Gasteiger partial charge in [0.2, 0.25) is 0 Å². The topological polar surface area (TPSA) is 12.4 Å². The number of hydrogen-bond donors (Lipinski definition) is 0. The van der Waals surface area contributed by atoms with Crippen molar-refractivity contribution in [2.45, 2.75) is 19.4 Å². The average Bonchev–Trinajstić information content (AvgIpc) is 1.69. The van der Waals surface area contributed by atoms with E-state index in [4.69, 9.17) is 0 Å². The maximum atomic E-state index is 4.12. The van der Waals surface area contributed by atoms with E-state index in [1.807, 2.05) is 6.21 Å². The number of rotatable bonds is 0. The minimum atomic E-state index is 0.425. The largest absolute Gasteiger partial charge is 0.290 e. The summed E-state index contributed by atoms with van der Waals surface area (Å²) in [6, 6.07) is 0.425. The van der Waals surface area contributed by atoms with Crippen molar-refractivity contribution < 1.29 is 0 Å². The van der Waals surface area contributed by atoms with E-state index in [0.29, 0.717) is 6.04 Å². The van der Waals surface area contributed by atoms with Crippen LogP contribution in [0.1, 0.15) is 13.3 Å². The Morgan fingerprint density at radius 1 is 1.71 bits per heavy atom. The molecule has 0 N–H and O–H groups in total. The molecule has 1 heteroatoms. The first-order chi connectivity index (χ1) is 3.39. The van der Waals surface area contributed by atoms with Crippen molar-refractivity contribution in [1.82, 2.24) is 0 Å². The van der Waals surface area contributed by atoms with Crippen LogP contribution in [0.4, 0.5) is 0 Å². The Morgan fingerprint density at radius 2 is 2.57 bits per heavy atom. The van der Waals surface area contributed by atoms with E-state index in [1.165, 1.54) is 0 Å². The van der Waals surface area contributed by atoms with Gasteiger partial charge in [0, 0.05) is 12.6 Å². The van der Waals surface area contributed by atoms with E-state index in [2.05, 4.69) is 24.1 Å². The second-order valence-electron chi connectivity index (χ2n) is 1.74. The lowest BCUT2D eigenvalue weighted by Gasteiger charge is -2.00. The van der Waals surface area contributed by atoms with Gasteiger partial charge in [0.1, 0.15) is 0 Å². The molecule has 0 saturated carbocycles. The molecule has 1 rings (SSSR count). The first-order valence-electron chi connectivity index (χ1n) is 2.58. The lowest BCUT2D eigenvalue weighted by atomic mass is 10.2. The van der Waals surface area contributed by atoms with Crippen molar-refractivity contribution in [3.63, 3.8) is 0 Å². The van der Waals surface area contributed by atoms with Crippen molar-refractivity contribution in [3.05, 3.63) is 12.2 Å². The number of nitrogens with zero attached hydrogens (tertiary/aromatic N) is 1. The lowest BCUT2D eigenvalue weighted by molar-refractivity contribution is 0.911. The van der Waals surface area contributed by atoms with E-state index in [0.717, 1.165) is 6.42 Å². The second-order valence-corrected chi connectivity index (χ2v) is 1.74. The van der Waals surface area contributed by atoms with Gasteiger partial charge in [-0.1, -0.05) is 12.2 Å². The van der Waals surface area contributed by atoms with Crippen molar-refractivity contribution >= 4 is 6.21 Å². The first kappa shape index (κ1) is 4.57. The maximum absolute atomic E-state index is 4.12. The molecule has 1 unspecified atom stereocenters. The van der Waals surface area contributed by atoms with Gasteiger partial charge in [-0.15, -0.1) is 0 Å². The third-order valence-corrected chi connectivity index (χ3v) is 0.997. The highest BCUT2D eigenvalue weighted by Crippen LogP contribution is 1.97. The fourth-order valence-electron chi connectivity index (χ4n) is 0.613. The highest BCUT2D eigenvalue weighted by Gasteiger charge is 1.91. The smallest absolute Gasteiger partial charge is 0.0648 e. The van der Waals surface area contributed by atoms with Crippen LogP contribution in [0.2, 0.25) is 0 Å². The van der Waals surface area contributed by atoms with Crippen LogP contribution >= 0.6 is 0 Å². The van der Waals surface area contributed by atoms with Crippen LogP contribution in [-0.4, -0.2) is 12.3 Å². The molecule has 0 aromatic carbocycles. The quantitative estimate of drug-likeness (QED) is 0.403. The zero-order chi connectivity index (χ0) is 5.11. The average molecular weight is 95.1 g/mol.